The second-order valence-electron chi connectivity index (χ2n) is 2.82. The first-order valence-electron chi connectivity index (χ1n) is 4.13. The maximum absolute atomic E-state index is 10.8. The highest BCUT2D eigenvalue weighted by molar-refractivity contribution is 6.32. The Morgan fingerprint density at radius 1 is 1.38 bits per heavy atom. The molecule has 13 heavy (non-hydrogen) atoms. The van der Waals surface area contributed by atoms with E-state index >= 15 is 0 Å². The van der Waals surface area contributed by atoms with Crippen molar-refractivity contribution in [3.8, 4) is 0 Å². The largest absolute Gasteiger partial charge is 0.469 e. The number of aryl methyl sites for hydroxylation is 1. The van der Waals surface area contributed by atoms with Gasteiger partial charge < -0.3 is 4.74 Å². The second kappa shape index (κ2) is 4.70. The van der Waals surface area contributed by atoms with E-state index in [0.717, 1.165) is 11.0 Å². The molecule has 0 N–H and O–H groups in total. The third-order valence-electron chi connectivity index (χ3n) is 1.83. The Hall–Kier alpha value is -1.25. The highest BCUT2D eigenvalue weighted by Gasteiger charge is 2.00. The van der Waals surface area contributed by atoms with E-state index < -0.39 is 0 Å². The summed E-state index contributed by atoms with van der Waals surface area (Å²) in [6.07, 6.45) is 1.12. The van der Waals surface area contributed by atoms with Gasteiger partial charge in [-0.25, -0.2) is 0 Å². The first-order valence-corrected chi connectivity index (χ1v) is 4.13. The van der Waals surface area contributed by atoms with Crippen molar-refractivity contribution >= 4 is 19.3 Å². The predicted molar refractivity (Wildman–Crippen MR) is 52.2 cm³/mol. The van der Waals surface area contributed by atoms with Crippen molar-refractivity contribution < 1.29 is 9.53 Å². The zero-order valence-corrected chi connectivity index (χ0v) is 7.62. The minimum absolute atomic E-state index is 0.183. The van der Waals surface area contributed by atoms with Gasteiger partial charge in [-0.3, -0.25) is 4.79 Å². The Morgan fingerprint density at radius 2 is 2.00 bits per heavy atom. The van der Waals surface area contributed by atoms with Crippen molar-refractivity contribution in [2.75, 3.05) is 7.11 Å². The molecular formula is C10H11BO2. The van der Waals surface area contributed by atoms with Crippen LogP contribution in [-0.4, -0.2) is 20.9 Å². The van der Waals surface area contributed by atoms with Gasteiger partial charge in [0, 0.05) is 6.42 Å². The Bertz CT molecular complexity index is 279. The topological polar surface area (TPSA) is 26.3 Å². The smallest absolute Gasteiger partial charge is 0.305 e. The summed E-state index contributed by atoms with van der Waals surface area (Å²) < 4.78 is 4.53. The second-order valence-corrected chi connectivity index (χ2v) is 2.82. The fourth-order valence-electron chi connectivity index (χ4n) is 1.03. The van der Waals surface area contributed by atoms with Gasteiger partial charge in [-0.2, -0.15) is 0 Å². The molecule has 0 spiro atoms. The van der Waals surface area contributed by atoms with Crippen LogP contribution < -0.4 is 5.46 Å². The van der Waals surface area contributed by atoms with Gasteiger partial charge in [-0.1, -0.05) is 29.7 Å². The summed E-state index contributed by atoms with van der Waals surface area (Å²) in [5.41, 5.74) is 1.83. The van der Waals surface area contributed by atoms with Crippen LogP contribution in [0.15, 0.2) is 24.3 Å². The number of hydrogen-bond donors (Lipinski definition) is 0. The van der Waals surface area contributed by atoms with E-state index in [-0.39, 0.29) is 5.97 Å². The van der Waals surface area contributed by atoms with Crippen molar-refractivity contribution in [3.05, 3.63) is 29.8 Å². The number of ether oxygens (including phenoxy) is 1. The number of carbonyl (C=O) groups excluding carboxylic acids is 1. The molecular weight excluding hydrogens is 163 g/mol. The number of esters is 1. The van der Waals surface area contributed by atoms with Crippen LogP contribution in [0.3, 0.4) is 0 Å². The summed E-state index contributed by atoms with van der Waals surface area (Å²) in [5.74, 6) is -0.183. The monoisotopic (exact) mass is 174 g/mol. The van der Waals surface area contributed by atoms with Crippen molar-refractivity contribution in [1.82, 2.24) is 0 Å². The van der Waals surface area contributed by atoms with Crippen LogP contribution in [0.2, 0.25) is 0 Å². The van der Waals surface area contributed by atoms with E-state index in [1.807, 2.05) is 24.3 Å². The minimum atomic E-state index is -0.183. The first kappa shape index (κ1) is 9.84. The fourth-order valence-corrected chi connectivity index (χ4v) is 1.03. The molecule has 0 atom stereocenters. The lowest BCUT2D eigenvalue weighted by molar-refractivity contribution is -0.140. The van der Waals surface area contributed by atoms with Gasteiger partial charge in [-0.15, -0.1) is 0 Å². The molecule has 0 aliphatic carbocycles. The summed E-state index contributed by atoms with van der Waals surface area (Å²) in [7, 11) is 6.91. The molecule has 0 fully saturated rings. The van der Waals surface area contributed by atoms with Gasteiger partial charge in [0.2, 0.25) is 0 Å². The summed E-state index contributed by atoms with van der Waals surface area (Å²) in [5, 5.41) is 0. The van der Waals surface area contributed by atoms with Gasteiger partial charge in [0.05, 0.1) is 7.11 Å². The summed E-state index contributed by atoms with van der Waals surface area (Å²) in [4.78, 5) is 10.8. The van der Waals surface area contributed by atoms with Gasteiger partial charge in [0.1, 0.15) is 7.85 Å². The van der Waals surface area contributed by atoms with Crippen molar-refractivity contribution in [3.63, 3.8) is 0 Å². The molecule has 0 amide bonds. The standard InChI is InChI=1S/C10H11BO2/c1-13-10(12)7-4-8-2-5-9(11)6-3-8/h2-3,5-6H,4,7H2,1H3. The van der Waals surface area contributed by atoms with E-state index in [9.17, 15) is 4.79 Å². The molecule has 0 saturated carbocycles. The number of benzene rings is 1. The van der Waals surface area contributed by atoms with Crippen LogP contribution in [0.1, 0.15) is 12.0 Å². The minimum Gasteiger partial charge on any atom is -0.469 e. The highest BCUT2D eigenvalue weighted by Crippen LogP contribution is 2.01. The Kier molecular flexibility index (Phi) is 3.56. The molecule has 0 aromatic heterocycles. The fraction of sp³-hybridized carbons (Fsp3) is 0.300. The van der Waals surface area contributed by atoms with Crippen LogP contribution in [-0.2, 0) is 16.0 Å². The molecule has 2 nitrogen and oxygen atoms in total. The summed E-state index contributed by atoms with van der Waals surface area (Å²) in [6.45, 7) is 0. The number of carbonyl (C=O) groups is 1. The van der Waals surface area contributed by atoms with Crippen molar-refractivity contribution in [2.45, 2.75) is 12.8 Å². The Balaban J connectivity index is 2.46. The third-order valence-corrected chi connectivity index (χ3v) is 1.83. The third kappa shape index (κ3) is 3.32. The Morgan fingerprint density at radius 3 is 2.54 bits per heavy atom. The van der Waals surface area contributed by atoms with Crippen LogP contribution >= 0.6 is 0 Å². The molecule has 3 heteroatoms. The number of hydrogen-bond acceptors (Lipinski definition) is 2. The summed E-state index contributed by atoms with van der Waals surface area (Å²) >= 11 is 0. The van der Waals surface area contributed by atoms with Crippen molar-refractivity contribution in [2.24, 2.45) is 0 Å². The highest BCUT2D eigenvalue weighted by atomic mass is 16.5. The molecule has 0 aliphatic rings. The van der Waals surface area contributed by atoms with E-state index in [0.29, 0.717) is 12.8 Å². The van der Waals surface area contributed by atoms with Crippen LogP contribution in [0.4, 0.5) is 0 Å². The molecule has 0 bridgehead atoms. The Labute approximate surface area is 79.3 Å². The lowest BCUT2D eigenvalue weighted by atomic mass is 9.94. The first-order chi connectivity index (χ1) is 6.22. The van der Waals surface area contributed by atoms with Crippen LogP contribution in [0.5, 0.6) is 0 Å². The zero-order chi connectivity index (χ0) is 9.68. The molecule has 0 aliphatic heterocycles. The molecule has 1 rings (SSSR count). The van der Waals surface area contributed by atoms with E-state index in [4.69, 9.17) is 7.85 Å². The molecule has 66 valence electrons. The zero-order valence-electron chi connectivity index (χ0n) is 7.62. The van der Waals surface area contributed by atoms with Gasteiger partial charge in [-0.05, 0) is 12.0 Å². The quantitative estimate of drug-likeness (QED) is 0.495. The maximum Gasteiger partial charge on any atom is 0.305 e. The van der Waals surface area contributed by atoms with E-state index in [2.05, 4.69) is 4.74 Å². The normalized spacial score (nSPS) is 9.62. The van der Waals surface area contributed by atoms with Gasteiger partial charge in [0.15, 0.2) is 0 Å². The lowest BCUT2D eigenvalue weighted by Gasteiger charge is -2.00. The molecule has 1 aromatic carbocycles. The maximum atomic E-state index is 10.8. The average molecular weight is 174 g/mol. The molecule has 0 unspecified atom stereocenters. The summed E-state index contributed by atoms with van der Waals surface area (Å²) in [6, 6.07) is 7.48. The lowest BCUT2D eigenvalue weighted by Crippen LogP contribution is -2.04. The number of rotatable bonds is 3. The van der Waals surface area contributed by atoms with Crippen LogP contribution in [0.25, 0.3) is 0 Å². The molecule has 2 radical (unpaired) electrons. The van der Waals surface area contributed by atoms with Gasteiger partial charge >= 0.3 is 5.97 Å². The average Bonchev–Trinajstić information content (AvgIpc) is 2.16. The molecule has 0 saturated heterocycles. The van der Waals surface area contributed by atoms with Crippen LogP contribution in [0, 0.1) is 0 Å². The van der Waals surface area contributed by atoms with Crippen molar-refractivity contribution in [1.29, 1.82) is 0 Å². The van der Waals surface area contributed by atoms with E-state index in [1.165, 1.54) is 7.11 Å². The molecule has 1 aromatic rings. The predicted octanol–water partition coefficient (Wildman–Crippen LogP) is 0.586. The van der Waals surface area contributed by atoms with Gasteiger partial charge in [0.25, 0.3) is 0 Å². The number of methoxy groups -OCH3 is 1. The SMILES string of the molecule is [B]c1ccc(CCC(=O)OC)cc1. The van der Waals surface area contributed by atoms with E-state index in [1.54, 1.807) is 0 Å². The molecule has 0 heterocycles.